The number of aromatic carboxylic acids is 1. The molecular formula is C18H22N2O3S. The third kappa shape index (κ3) is 3.66. The molecule has 3 aromatic rings. The Labute approximate surface area is 145 Å². The van der Waals surface area contributed by atoms with Crippen LogP contribution in [0.5, 0.6) is 0 Å². The van der Waals surface area contributed by atoms with E-state index in [-0.39, 0.29) is 6.10 Å². The van der Waals surface area contributed by atoms with Crippen molar-refractivity contribution >= 4 is 22.8 Å². The normalized spacial score (nSPS) is 11.8. The number of rotatable bonds is 5. The fraction of sp³-hybridized carbons (Fsp3) is 0.333. The summed E-state index contributed by atoms with van der Waals surface area (Å²) in [5.74, 6) is -0.922. The summed E-state index contributed by atoms with van der Waals surface area (Å²) in [5, 5.41) is 12.2. The zero-order chi connectivity index (χ0) is 17.7. The predicted molar refractivity (Wildman–Crippen MR) is 95.8 cm³/mol. The third-order valence-electron chi connectivity index (χ3n) is 3.68. The number of aromatic nitrogens is 2. The summed E-state index contributed by atoms with van der Waals surface area (Å²) in [6, 6.07) is 5.48. The minimum atomic E-state index is -0.922. The van der Waals surface area contributed by atoms with Gasteiger partial charge in [-0.15, -0.1) is 11.3 Å². The highest BCUT2D eigenvalue weighted by atomic mass is 32.1. The van der Waals surface area contributed by atoms with Gasteiger partial charge in [0, 0.05) is 23.3 Å². The summed E-state index contributed by atoms with van der Waals surface area (Å²) in [5.41, 5.74) is 2.74. The van der Waals surface area contributed by atoms with Crippen LogP contribution in [0.25, 0.3) is 5.52 Å². The first-order chi connectivity index (χ1) is 11.6. The van der Waals surface area contributed by atoms with Crippen molar-refractivity contribution in [2.75, 3.05) is 0 Å². The Kier molecular flexibility index (Phi) is 6.11. The first kappa shape index (κ1) is 18.2. The number of carbonyl (C=O) groups is 1. The van der Waals surface area contributed by atoms with Crippen LogP contribution in [-0.4, -0.2) is 20.5 Å². The van der Waals surface area contributed by atoms with Crippen molar-refractivity contribution in [3.8, 4) is 0 Å². The zero-order valence-corrected chi connectivity index (χ0v) is 15.1. The highest BCUT2D eigenvalue weighted by Crippen LogP contribution is 2.27. The van der Waals surface area contributed by atoms with E-state index in [9.17, 15) is 9.90 Å². The van der Waals surface area contributed by atoms with Crippen molar-refractivity contribution in [3.05, 3.63) is 57.8 Å². The van der Waals surface area contributed by atoms with Gasteiger partial charge in [-0.3, -0.25) is 0 Å². The van der Waals surface area contributed by atoms with Gasteiger partial charge in [-0.2, -0.15) is 0 Å². The van der Waals surface area contributed by atoms with E-state index in [0.29, 0.717) is 12.2 Å². The van der Waals surface area contributed by atoms with Crippen LogP contribution in [0, 0.1) is 6.92 Å². The fourth-order valence-corrected chi connectivity index (χ4v) is 3.16. The molecule has 1 N–H and O–H groups in total. The number of hydrogen-bond donors (Lipinski definition) is 1. The van der Waals surface area contributed by atoms with Crippen LogP contribution in [0.15, 0.2) is 36.0 Å². The summed E-state index contributed by atoms with van der Waals surface area (Å²) in [6.45, 7) is 8.17. The molecule has 0 aliphatic rings. The van der Waals surface area contributed by atoms with Crippen LogP contribution < -0.4 is 0 Å². The zero-order valence-electron chi connectivity index (χ0n) is 14.3. The molecule has 128 valence electrons. The number of carboxylic acid groups (broad SMARTS) is 1. The molecule has 0 spiro atoms. The third-order valence-corrected chi connectivity index (χ3v) is 4.43. The van der Waals surface area contributed by atoms with E-state index in [2.05, 4.69) is 4.98 Å². The van der Waals surface area contributed by atoms with Crippen LogP contribution in [0.2, 0.25) is 0 Å². The Morgan fingerprint density at radius 2 is 2.21 bits per heavy atom. The molecule has 0 amide bonds. The summed E-state index contributed by atoms with van der Waals surface area (Å²) >= 11 is 1.54. The van der Waals surface area contributed by atoms with Gasteiger partial charge in [0.2, 0.25) is 0 Å². The molecule has 0 radical (unpaired) electrons. The van der Waals surface area contributed by atoms with E-state index in [1.807, 2.05) is 55.8 Å². The number of thiazole rings is 1. The average Bonchev–Trinajstić information content (AvgIpc) is 3.25. The molecule has 0 fully saturated rings. The molecule has 3 heterocycles. The second-order valence-corrected chi connectivity index (χ2v) is 6.03. The van der Waals surface area contributed by atoms with Gasteiger partial charge in [0.25, 0.3) is 0 Å². The maximum atomic E-state index is 11.4. The smallest absolute Gasteiger partial charge is 0.336 e. The maximum absolute atomic E-state index is 11.4. The highest BCUT2D eigenvalue weighted by molar-refractivity contribution is 7.09. The Hall–Kier alpha value is -2.18. The van der Waals surface area contributed by atoms with Crippen LogP contribution >= 0.6 is 11.3 Å². The second kappa shape index (κ2) is 8.08. The van der Waals surface area contributed by atoms with E-state index in [0.717, 1.165) is 21.8 Å². The van der Waals surface area contributed by atoms with Gasteiger partial charge in [0.1, 0.15) is 5.01 Å². The molecule has 0 aliphatic heterocycles. The molecule has 5 nitrogen and oxygen atoms in total. The van der Waals surface area contributed by atoms with E-state index in [1.165, 1.54) is 0 Å². The van der Waals surface area contributed by atoms with Crippen molar-refractivity contribution < 1.29 is 14.6 Å². The molecule has 3 rings (SSSR count). The summed E-state index contributed by atoms with van der Waals surface area (Å²) in [6.07, 6.45) is 3.43. The molecule has 1 unspecified atom stereocenters. The van der Waals surface area contributed by atoms with E-state index in [1.54, 1.807) is 23.6 Å². The van der Waals surface area contributed by atoms with Gasteiger partial charge < -0.3 is 14.2 Å². The number of nitrogens with zero attached hydrogens (tertiary/aromatic N) is 2. The van der Waals surface area contributed by atoms with Crippen molar-refractivity contribution in [1.82, 2.24) is 9.38 Å². The molecule has 0 saturated carbocycles. The van der Waals surface area contributed by atoms with Gasteiger partial charge in [-0.25, -0.2) is 9.78 Å². The lowest BCUT2D eigenvalue weighted by Gasteiger charge is -2.19. The number of hydrogen-bond acceptors (Lipinski definition) is 4. The van der Waals surface area contributed by atoms with Gasteiger partial charge in [-0.05, 0) is 37.6 Å². The minimum Gasteiger partial charge on any atom is -0.478 e. The lowest BCUT2D eigenvalue weighted by Crippen LogP contribution is -2.12. The molecule has 1 atom stereocenters. The maximum Gasteiger partial charge on any atom is 0.336 e. The number of pyridine rings is 1. The molecule has 0 bridgehead atoms. The summed E-state index contributed by atoms with van der Waals surface area (Å²) in [4.78, 5) is 15.6. The van der Waals surface area contributed by atoms with E-state index in [4.69, 9.17) is 4.74 Å². The first-order valence-corrected chi connectivity index (χ1v) is 8.79. The molecule has 6 heteroatoms. The van der Waals surface area contributed by atoms with Crippen molar-refractivity contribution in [2.24, 2.45) is 0 Å². The van der Waals surface area contributed by atoms with Crippen LogP contribution in [0.4, 0.5) is 0 Å². The Morgan fingerprint density at radius 1 is 1.46 bits per heavy atom. The van der Waals surface area contributed by atoms with Gasteiger partial charge >= 0.3 is 5.97 Å². The standard InChI is InChI=1S/C16H16N2O3S.C2H6/c1-10-13(16(19)20)8-12-4-3-6-18(12)15(10)11(2)21-9-14-17-5-7-22-14;1-2/h3-8,11H,9H2,1-2H3,(H,19,20);1-2H3. The largest absolute Gasteiger partial charge is 0.478 e. The summed E-state index contributed by atoms with van der Waals surface area (Å²) in [7, 11) is 0. The number of ether oxygens (including phenoxy) is 1. The number of carboxylic acids is 1. The molecular weight excluding hydrogens is 324 g/mol. The Balaban J connectivity index is 0.00000100. The minimum absolute atomic E-state index is 0.238. The summed E-state index contributed by atoms with van der Waals surface area (Å²) < 4.78 is 7.88. The average molecular weight is 346 g/mol. The first-order valence-electron chi connectivity index (χ1n) is 7.91. The quantitative estimate of drug-likeness (QED) is 0.727. The molecule has 0 aromatic carbocycles. The monoisotopic (exact) mass is 346 g/mol. The SMILES string of the molecule is CC.Cc1c(C(=O)O)cc2cccn2c1C(C)OCc1nccs1. The topological polar surface area (TPSA) is 63.8 Å². The molecule has 3 aromatic heterocycles. The predicted octanol–water partition coefficient (Wildman–Crippen LogP) is 4.71. The van der Waals surface area contributed by atoms with Crippen molar-refractivity contribution in [1.29, 1.82) is 0 Å². The Morgan fingerprint density at radius 3 is 2.83 bits per heavy atom. The van der Waals surface area contributed by atoms with Crippen molar-refractivity contribution in [2.45, 2.75) is 40.4 Å². The Bertz CT molecular complexity index is 809. The van der Waals surface area contributed by atoms with Crippen LogP contribution in [0.1, 0.15) is 53.5 Å². The van der Waals surface area contributed by atoms with Crippen LogP contribution in [-0.2, 0) is 11.3 Å². The van der Waals surface area contributed by atoms with E-state index >= 15 is 0 Å². The molecule has 24 heavy (non-hydrogen) atoms. The van der Waals surface area contributed by atoms with Crippen molar-refractivity contribution in [3.63, 3.8) is 0 Å². The second-order valence-electron chi connectivity index (χ2n) is 5.06. The lowest BCUT2D eigenvalue weighted by molar-refractivity contribution is 0.0483. The van der Waals surface area contributed by atoms with Crippen LogP contribution in [0.3, 0.4) is 0 Å². The highest BCUT2D eigenvalue weighted by Gasteiger charge is 2.19. The fourth-order valence-electron chi connectivity index (χ4n) is 2.63. The lowest BCUT2D eigenvalue weighted by atomic mass is 10.0. The van der Waals surface area contributed by atoms with Gasteiger partial charge in [-0.1, -0.05) is 13.8 Å². The van der Waals surface area contributed by atoms with Gasteiger partial charge in [0.05, 0.1) is 24.0 Å². The number of fused-ring (bicyclic) bond motifs is 1. The van der Waals surface area contributed by atoms with E-state index < -0.39 is 5.97 Å². The molecule has 0 aliphatic carbocycles. The van der Waals surface area contributed by atoms with Gasteiger partial charge in [0.15, 0.2) is 0 Å². The molecule has 0 saturated heterocycles.